The molecule has 2 aromatic heterocycles. The van der Waals surface area contributed by atoms with Gasteiger partial charge >= 0.3 is 5.97 Å². The Bertz CT molecular complexity index is 951. The highest BCUT2D eigenvalue weighted by atomic mass is 16.5. The molecule has 1 aliphatic rings. The van der Waals surface area contributed by atoms with Gasteiger partial charge in [0, 0.05) is 12.2 Å². The Balaban J connectivity index is 1.92. The van der Waals surface area contributed by atoms with Crippen molar-refractivity contribution in [2.45, 2.75) is 26.7 Å². The second-order valence-electron chi connectivity index (χ2n) is 5.92. The summed E-state index contributed by atoms with van der Waals surface area (Å²) in [6, 6.07) is 8.22. The molecule has 1 aromatic carbocycles. The number of aromatic nitrogens is 3. The number of para-hydroxylation sites is 1. The first-order valence-electron chi connectivity index (χ1n) is 8.35. The fraction of sp³-hybridized carbons (Fsp3) is 0.333. The first-order chi connectivity index (χ1) is 12.2. The molecule has 7 nitrogen and oxygen atoms in total. The SMILES string of the molecule is CCOC(=O)c1nc(N2CCCc3ccccc32)c2c(C)noc2n1. The number of benzene rings is 1. The van der Waals surface area contributed by atoms with Crippen LogP contribution in [0.1, 0.15) is 35.2 Å². The highest BCUT2D eigenvalue weighted by Gasteiger charge is 2.26. The summed E-state index contributed by atoms with van der Waals surface area (Å²) in [5, 5.41) is 4.72. The lowest BCUT2D eigenvalue weighted by molar-refractivity contribution is 0.0512. The molecule has 0 atom stereocenters. The summed E-state index contributed by atoms with van der Waals surface area (Å²) in [5.74, 6) is 0.0625. The van der Waals surface area contributed by atoms with E-state index in [4.69, 9.17) is 9.26 Å². The van der Waals surface area contributed by atoms with E-state index in [2.05, 4.69) is 32.2 Å². The predicted molar refractivity (Wildman–Crippen MR) is 92.1 cm³/mol. The predicted octanol–water partition coefficient (Wildman–Crippen LogP) is 3.19. The molecule has 0 aliphatic carbocycles. The van der Waals surface area contributed by atoms with Gasteiger partial charge in [-0.15, -0.1) is 0 Å². The number of nitrogens with zero attached hydrogens (tertiary/aromatic N) is 4. The van der Waals surface area contributed by atoms with E-state index in [0.717, 1.165) is 30.5 Å². The molecule has 0 unspecified atom stereocenters. The van der Waals surface area contributed by atoms with Crippen LogP contribution in [0.3, 0.4) is 0 Å². The largest absolute Gasteiger partial charge is 0.460 e. The van der Waals surface area contributed by atoms with Gasteiger partial charge < -0.3 is 14.2 Å². The fourth-order valence-corrected chi connectivity index (χ4v) is 3.20. The second kappa shape index (κ2) is 6.16. The normalized spacial score (nSPS) is 13.8. The zero-order valence-electron chi connectivity index (χ0n) is 14.2. The van der Waals surface area contributed by atoms with E-state index in [-0.39, 0.29) is 12.4 Å². The van der Waals surface area contributed by atoms with Crippen molar-refractivity contribution >= 4 is 28.6 Å². The Labute approximate surface area is 144 Å². The topological polar surface area (TPSA) is 81.4 Å². The average Bonchev–Trinajstić information content (AvgIpc) is 3.02. The minimum absolute atomic E-state index is 0.0106. The molecule has 0 N–H and O–H groups in total. The molecule has 0 saturated heterocycles. The molecule has 1 aliphatic heterocycles. The van der Waals surface area contributed by atoms with E-state index < -0.39 is 5.97 Å². The van der Waals surface area contributed by atoms with Gasteiger partial charge in [-0.25, -0.2) is 9.78 Å². The standard InChI is InChI=1S/C18H18N4O3/c1-3-24-18(23)15-19-16(14-11(2)21-25-17(14)20-15)22-10-6-8-12-7-4-5-9-13(12)22/h4-5,7,9H,3,6,8,10H2,1-2H3. The van der Waals surface area contributed by atoms with Gasteiger partial charge in [0.1, 0.15) is 5.39 Å². The van der Waals surface area contributed by atoms with E-state index >= 15 is 0 Å². The van der Waals surface area contributed by atoms with Crippen LogP contribution in [0.5, 0.6) is 0 Å². The third-order valence-corrected chi connectivity index (χ3v) is 4.31. The van der Waals surface area contributed by atoms with E-state index in [0.29, 0.717) is 17.2 Å². The summed E-state index contributed by atoms with van der Waals surface area (Å²) in [4.78, 5) is 23.0. The molecule has 0 spiro atoms. The molecule has 25 heavy (non-hydrogen) atoms. The number of rotatable bonds is 3. The highest BCUT2D eigenvalue weighted by molar-refractivity contribution is 5.95. The molecule has 0 bridgehead atoms. The Morgan fingerprint density at radius 1 is 1.32 bits per heavy atom. The smallest absolute Gasteiger partial charge is 0.376 e. The molecule has 0 saturated carbocycles. The number of ether oxygens (including phenoxy) is 1. The summed E-state index contributed by atoms with van der Waals surface area (Å²) in [6.07, 6.45) is 2.02. The van der Waals surface area contributed by atoms with Crippen LogP contribution in [0.4, 0.5) is 11.5 Å². The first-order valence-corrected chi connectivity index (χ1v) is 8.35. The van der Waals surface area contributed by atoms with E-state index in [1.165, 1.54) is 5.56 Å². The fourth-order valence-electron chi connectivity index (χ4n) is 3.20. The molecule has 0 radical (unpaired) electrons. The lowest BCUT2D eigenvalue weighted by Gasteiger charge is -2.30. The van der Waals surface area contributed by atoms with E-state index in [1.807, 2.05) is 19.1 Å². The van der Waals surface area contributed by atoms with Crippen molar-refractivity contribution in [2.75, 3.05) is 18.1 Å². The van der Waals surface area contributed by atoms with Crippen LogP contribution in [0, 0.1) is 6.92 Å². The van der Waals surface area contributed by atoms with Crippen molar-refractivity contribution in [2.24, 2.45) is 0 Å². The molecule has 7 heteroatoms. The number of carbonyl (C=O) groups excluding carboxylic acids is 1. The van der Waals surface area contributed by atoms with Gasteiger partial charge in [-0.05, 0) is 38.3 Å². The molecule has 3 heterocycles. The maximum absolute atomic E-state index is 12.1. The van der Waals surface area contributed by atoms with Crippen molar-refractivity contribution in [1.82, 2.24) is 15.1 Å². The Kier molecular flexibility index (Phi) is 3.83. The Hall–Kier alpha value is -2.96. The third-order valence-electron chi connectivity index (χ3n) is 4.31. The number of esters is 1. The van der Waals surface area contributed by atoms with Gasteiger partial charge in [0.15, 0.2) is 5.82 Å². The van der Waals surface area contributed by atoms with Gasteiger partial charge in [0.05, 0.1) is 12.3 Å². The summed E-state index contributed by atoms with van der Waals surface area (Å²) < 4.78 is 10.4. The summed E-state index contributed by atoms with van der Waals surface area (Å²) in [7, 11) is 0. The number of aryl methyl sites for hydroxylation is 2. The molecule has 3 aromatic rings. The average molecular weight is 338 g/mol. The zero-order chi connectivity index (χ0) is 17.4. The minimum atomic E-state index is -0.565. The van der Waals surface area contributed by atoms with Gasteiger partial charge in [-0.3, -0.25) is 0 Å². The number of hydrogen-bond acceptors (Lipinski definition) is 7. The van der Waals surface area contributed by atoms with Gasteiger partial charge in [-0.2, -0.15) is 4.98 Å². The number of anilines is 2. The summed E-state index contributed by atoms with van der Waals surface area (Å²) in [6.45, 7) is 4.66. The van der Waals surface area contributed by atoms with Crippen LogP contribution >= 0.6 is 0 Å². The second-order valence-corrected chi connectivity index (χ2v) is 5.92. The van der Waals surface area contributed by atoms with E-state index in [1.54, 1.807) is 6.92 Å². The quantitative estimate of drug-likeness (QED) is 0.678. The van der Waals surface area contributed by atoms with E-state index in [9.17, 15) is 4.79 Å². The van der Waals surface area contributed by atoms with Crippen LogP contribution in [-0.4, -0.2) is 34.2 Å². The summed E-state index contributed by atoms with van der Waals surface area (Å²) >= 11 is 0. The lowest BCUT2D eigenvalue weighted by atomic mass is 10.0. The molecule has 0 fully saturated rings. The molecule has 4 rings (SSSR count). The number of carbonyl (C=O) groups is 1. The van der Waals surface area contributed by atoms with Crippen molar-refractivity contribution in [3.05, 3.63) is 41.3 Å². The third kappa shape index (κ3) is 2.61. The first kappa shape index (κ1) is 15.6. The molecular formula is C18H18N4O3. The maximum atomic E-state index is 12.1. The number of fused-ring (bicyclic) bond motifs is 2. The van der Waals surface area contributed by atoms with Crippen molar-refractivity contribution < 1.29 is 14.1 Å². The van der Waals surface area contributed by atoms with Gasteiger partial charge in [0.25, 0.3) is 5.71 Å². The Morgan fingerprint density at radius 2 is 2.16 bits per heavy atom. The van der Waals surface area contributed by atoms with Crippen LogP contribution in [0.2, 0.25) is 0 Å². The van der Waals surface area contributed by atoms with Gasteiger partial charge in [-0.1, -0.05) is 23.4 Å². The maximum Gasteiger partial charge on any atom is 0.376 e. The van der Waals surface area contributed by atoms with Gasteiger partial charge in [0.2, 0.25) is 5.82 Å². The van der Waals surface area contributed by atoms with Crippen LogP contribution < -0.4 is 4.90 Å². The van der Waals surface area contributed by atoms with Crippen molar-refractivity contribution in [3.63, 3.8) is 0 Å². The van der Waals surface area contributed by atoms with Crippen LogP contribution in [0.25, 0.3) is 11.1 Å². The van der Waals surface area contributed by atoms with Crippen molar-refractivity contribution in [3.8, 4) is 0 Å². The monoisotopic (exact) mass is 338 g/mol. The number of hydrogen-bond donors (Lipinski definition) is 0. The lowest BCUT2D eigenvalue weighted by Crippen LogP contribution is -2.26. The molecule has 128 valence electrons. The van der Waals surface area contributed by atoms with Crippen molar-refractivity contribution in [1.29, 1.82) is 0 Å². The zero-order valence-corrected chi connectivity index (χ0v) is 14.2. The summed E-state index contributed by atoms with van der Waals surface area (Å²) in [5.41, 5.74) is 3.34. The van der Waals surface area contributed by atoms with Crippen LogP contribution in [-0.2, 0) is 11.2 Å². The minimum Gasteiger partial charge on any atom is -0.460 e. The Morgan fingerprint density at radius 3 is 3.00 bits per heavy atom. The van der Waals surface area contributed by atoms with Crippen LogP contribution in [0.15, 0.2) is 28.8 Å². The molecule has 0 amide bonds. The highest BCUT2D eigenvalue weighted by Crippen LogP contribution is 2.36. The molecular weight excluding hydrogens is 320 g/mol.